The van der Waals surface area contributed by atoms with Gasteiger partial charge in [-0.25, -0.2) is 17.6 Å². The fourth-order valence-electron chi connectivity index (χ4n) is 3.16. The van der Waals surface area contributed by atoms with Gasteiger partial charge in [-0.05, 0) is 61.7 Å². The first-order chi connectivity index (χ1) is 14.3. The lowest BCUT2D eigenvalue weighted by Gasteiger charge is -2.17. The molecule has 0 radical (unpaired) electrons. The van der Waals surface area contributed by atoms with Gasteiger partial charge in [-0.15, -0.1) is 0 Å². The summed E-state index contributed by atoms with van der Waals surface area (Å²) in [4.78, 5) is 24.2. The topological polar surface area (TPSA) is 80.8 Å². The summed E-state index contributed by atoms with van der Waals surface area (Å²) in [6.07, 6.45) is 1.99. The van der Waals surface area contributed by atoms with Crippen molar-refractivity contribution in [3.05, 3.63) is 64.4 Å². The number of benzene rings is 2. The molecule has 1 fully saturated rings. The first-order valence-corrected chi connectivity index (χ1v) is 11.4. The van der Waals surface area contributed by atoms with Gasteiger partial charge in [0, 0.05) is 25.1 Å². The molecule has 1 aliphatic heterocycles. The maximum Gasteiger partial charge on any atom is 0.338 e. The Bertz CT molecular complexity index is 1030. The third-order valence-corrected chi connectivity index (χ3v) is 7.18. The molecule has 0 aromatic heterocycles. The summed E-state index contributed by atoms with van der Waals surface area (Å²) >= 11 is 6.07. The molecule has 160 valence electrons. The molecular weight excluding hydrogens is 433 g/mol. The van der Waals surface area contributed by atoms with Crippen molar-refractivity contribution in [3.8, 4) is 0 Å². The van der Waals surface area contributed by atoms with Crippen LogP contribution in [0.15, 0.2) is 47.4 Å². The van der Waals surface area contributed by atoms with Crippen molar-refractivity contribution in [1.82, 2.24) is 4.31 Å². The average Bonchev–Trinajstić information content (AvgIpc) is 3.27. The smallest absolute Gasteiger partial charge is 0.338 e. The van der Waals surface area contributed by atoms with Gasteiger partial charge in [0.25, 0.3) is 0 Å². The number of ether oxygens (including phenoxy) is 1. The molecule has 2 aromatic carbocycles. The number of hydrogen-bond acceptors (Lipinski definition) is 5. The predicted octanol–water partition coefficient (Wildman–Crippen LogP) is 4.08. The van der Waals surface area contributed by atoms with E-state index in [-0.39, 0.29) is 40.7 Å². The van der Waals surface area contributed by atoms with E-state index in [2.05, 4.69) is 0 Å². The summed E-state index contributed by atoms with van der Waals surface area (Å²) in [5.41, 5.74) is 0.458. The molecule has 0 saturated carbocycles. The summed E-state index contributed by atoms with van der Waals surface area (Å²) < 4.78 is 44.9. The van der Waals surface area contributed by atoms with Crippen molar-refractivity contribution in [2.75, 3.05) is 19.7 Å². The Balaban J connectivity index is 1.58. The summed E-state index contributed by atoms with van der Waals surface area (Å²) in [7, 11) is -3.77. The zero-order chi connectivity index (χ0) is 21.7. The number of hydrogen-bond donors (Lipinski definition) is 0. The van der Waals surface area contributed by atoms with Crippen molar-refractivity contribution < 1.29 is 27.1 Å². The van der Waals surface area contributed by atoms with Crippen molar-refractivity contribution >= 4 is 33.4 Å². The Labute approximate surface area is 179 Å². The van der Waals surface area contributed by atoms with E-state index in [4.69, 9.17) is 16.3 Å². The van der Waals surface area contributed by atoms with Crippen LogP contribution < -0.4 is 0 Å². The molecule has 9 heteroatoms. The minimum atomic E-state index is -3.77. The number of halogens is 2. The van der Waals surface area contributed by atoms with Crippen LogP contribution in [0, 0.1) is 5.82 Å². The molecule has 0 atom stereocenters. The predicted molar refractivity (Wildman–Crippen MR) is 110 cm³/mol. The summed E-state index contributed by atoms with van der Waals surface area (Å²) in [5, 5.41) is 0.0448. The largest absolute Gasteiger partial charge is 0.462 e. The van der Waals surface area contributed by atoms with E-state index in [1.54, 1.807) is 0 Å². The monoisotopic (exact) mass is 453 g/mol. The van der Waals surface area contributed by atoms with Gasteiger partial charge >= 0.3 is 5.97 Å². The molecule has 1 aliphatic rings. The fraction of sp³-hybridized carbons (Fsp3) is 0.333. The van der Waals surface area contributed by atoms with Crippen LogP contribution in [0.5, 0.6) is 0 Å². The van der Waals surface area contributed by atoms with Crippen LogP contribution in [-0.2, 0) is 14.8 Å². The first-order valence-electron chi connectivity index (χ1n) is 9.54. The number of Topliss-reactive ketones (excluding diaryl/α,β-unsaturated/α-hetero) is 1. The van der Waals surface area contributed by atoms with Crippen molar-refractivity contribution in [3.63, 3.8) is 0 Å². The van der Waals surface area contributed by atoms with E-state index >= 15 is 0 Å². The molecule has 6 nitrogen and oxygen atoms in total. The molecule has 0 amide bonds. The third kappa shape index (κ3) is 5.24. The fourth-order valence-corrected chi connectivity index (χ4v) is 5.17. The van der Waals surface area contributed by atoms with Crippen LogP contribution in [0.4, 0.5) is 4.39 Å². The van der Waals surface area contributed by atoms with Gasteiger partial charge in [-0.2, -0.15) is 4.31 Å². The Morgan fingerprint density at radius 3 is 2.33 bits per heavy atom. The number of ketones is 1. The molecule has 2 aromatic rings. The van der Waals surface area contributed by atoms with E-state index in [1.807, 2.05) is 0 Å². The van der Waals surface area contributed by atoms with Gasteiger partial charge in [0.1, 0.15) is 10.7 Å². The third-order valence-electron chi connectivity index (χ3n) is 4.80. The number of esters is 1. The van der Waals surface area contributed by atoms with Crippen LogP contribution in [-0.4, -0.2) is 44.2 Å². The minimum Gasteiger partial charge on any atom is -0.462 e. The second-order valence-corrected chi connectivity index (χ2v) is 9.24. The number of carbonyl (C=O) groups excluding carboxylic acids is 2. The van der Waals surface area contributed by atoms with Gasteiger partial charge in [-0.3, -0.25) is 4.79 Å². The number of sulfonamides is 1. The van der Waals surface area contributed by atoms with Gasteiger partial charge in [0.05, 0.1) is 17.2 Å². The summed E-state index contributed by atoms with van der Waals surface area (Å²) in [6, 6.07) is 9.21. The standard InChI is InChI=1S/C21H21ClFNO5S/c22-18-10-7-16(14-20(18)30(27,28)24-11-1-2-12-24)21(26)29-13-3-4-19(25)15-5-8-17(23)9-6-15/h5-10,14H,1-4,11-13H2. The van der Waals surface area contributed by atoms with Crippen LogP contribution in [0.2, 0.25) is 5.02 Å². The first kappa shape index (κ1) is 22.4. The molecule has 0 bridgehead atoms. The van der Waals surface area contributed by atoms with E-state index in [9.17, 15) is 22.4 Å². The lowest BCUT2D eigenvalue weighted by molar-refractivity contribution is 0.0494. The highest BCUT2D eigenvalue weighted by atomic mass is 35.5. The van der Waals surface area contributed by atoms with Gasteiger partial charge in [0.2, 0.25) is 10.0 Å². The van der Waals surface area contributed by atoms with Gasteiger partial charge in [0.15, 0.2) is 5.78 Å². The molecule has 0 unspecified atom stereocenters. The highest BCUT2D eigenvalue weighted by Gasteiger charge is 2.30. The quantitative estimate of drug-likeness (QED) is 0.341. The van der Waals surface area contributed by atoms with E-state index in [1.165, 1.54) is 46.8 Å². The SMILES string of the molecule is O=C(CCCOC(=O)c1ccc(Cl)c(S(=O)(=O)N2CCCC2)c1)c1ccc(F)cc1. The highest BCUT2D eigenvalue weighted by molar-refractivity contribution is 7.89. The lowest BCUT2D eigenvalue weighted by atomic mass is 10.1. The molecule has 30 heavy (non-hydrogen) atoms. The molecule has 0 spiro atoms. The Morgan fingerprint density at radius 1 is 1.03 bits per heavy atom. The number of rotatable bonds is 8. The van der Waals surface area contributed by atoms with Crippen LogP contribution in [0.3, 0.4) is 0 Å². The normalized spacial score (nSPS) is 14.6. The molecule has 1 heterocycles. The van der Waals surface area contributed by atoms with Crippen molar-refractivity contribution in [2.24, 2.45) is 0 Å². The zero-order valence-corrected chi connectivity index (χ0v) is 17.7. The second kappa shape index (κ2) is 9.68. The van der Waals surface area contributed by atoms with E-state index in [0.29, 0.717) is 18.7 Å². The molecule has 3 rings (SSSR count). The van der Waals surface area contributed by atoms with Gasteiger partial charge < -0.3 is 4.74 Å². The Kier molecular flexibility index (Phi) is 7.23. The highest BCUT2D eigenvalue weighted by Crippen LogP contribution is 2.28. The molecular formula is C21H21ClFNO5S. The number of nitrogens with zero attached hydrogens (tertiary/aromatic N) is 1. The lowest BCUT2D eigenvalue weighted by Crippen LogP contribution is -2.28. The molecule has 0 aliphatic carbocycles. The van der Waals surface area contributed by atoms with Crippen LogP contribution in [0.1, 0.15) is 46.4 Å². The second-order valence-electron chi connectivity index (χ2n) is 6.93. The summed E-state index contributed by atoms with van der Waals surface area (Å²) in [5.74, 6) is -1.30. The van der Waals surface area contributed by atoms with Crippen molar-refractivity contribution in [1.29, 1.82) is 0 Å². The minimum absolute atomic E-state index is 0.0113. The Morgan fingerprint density at radius 2 is 1.67 bits per heavy atom. The maximum atomic E-state index is 12.9. The summed E-state index contributed by atoms with van der Waals surface area (Å²) in [6.45, 7) is 0.841. The van der Waals surface area contributed by atoms with Crippen LogP contribution >= 0.6 is 11.6 Å². The molecule has 1 saturated heterocycles. The Hall–Kier alpha value is -2.29. The molecule has 0 N–H and O–H groups in total. The average molecular weight is 454 g/mol. The van der Waals surface area contributed by atoms with Crippen LogP contribution in [0.25, 0.3) is 0 Å². The zero-order valence-electron chi connectivity index (χ0n) is 16.1. The van der Waals surface area contributed by atoms with E-state index < -0.39 is 21.8 Å². The van der Waals surface area contributed by atoms with Gasteiger partial charge in [-0.1, -0.05) is 11.6 Å². The number of carbonyl (C=O) groups is 2. The van der Waals surface area contributed by atoms with Crippen molar-refractivity contribution in [2.45, 2.75) is 30.6 Å². The van der Waals surface area contributed by atoms with E-state index in [0.717, 1.165) is 12.8 Å². The maximum absolute atomic E-state index is 12.9.